The van der Waals surface area contributed by atoms with Gasteiger partial charge in [-0.3, -0.25) is 18.6 Å². The van der Waals surface area contributed by atoms with Crippen molar-refractivity contribution in [3.8, 4) is 0 Å². The van der Waals surface area contributed by atoms with Crippen LogP contribution in [0.1, 0.15) is 226 Å². The summed E-state index contributed by atoms with van der Waals surface area (Å²) in [4.78, 5) is 34.6. The predicted molar refractivity (Wildman–Crippen MR) is 238 cm³/mol. The van der Waals surface area contributed by atoms with Gasteiger partial charge in [-0.2, -0.15) is 0 Å². The van der Waals surface area contributed by atoms with Gasteiger partial charge in [0.05, 0.1) is 26.4 Å². The minimum absolute atomic E-state index is 0.178. The zero-order valence-electron chi connectivity index (χ0n) is 37.3. The van der Waals surface area contributed by atoms with Gasteiger partial charge < -0.3 is 24.6 Å². The number of phosphoric acid groups is 1. The summed E-state index contributed by atoms with van der Waals surface area (Å²) in [5, 5.41) is 19.2. The monoisotopic (exact) mass is 845 g/mol. The van der Waals surface area contributed by atoms with E-state index in [1.54, 1.807) is 0 Å². The largest absolute Gasteiger partial charge is 0.472 e. The lowest BCUT2D eigenvalue weighted by atomic mass is 10.0. The summed E-state index contributed by atoms with van der Waals surface area (Å²) in [6.45, 7) is 2.16. The molecule has 11 heteroatoms. The lowest BCUT2D eigenvalue weighted by Gasteiger charge is -2.20. The molecule has 10 nitrogen and oxygen atoms in total. The standard InChI is InChI=1S/C47H89O10P/c1-3-5-7-9-11-13-15-17-18-19-20-21-22-23-24-25-27-29-31-33-35-37-39-47(51)57-45(41-49)43-55-58(52,53)54-42-44(40-48)56-46(50)38-36-34-32-30-28-26-16-14-12-10-8-6-4-2/h8,10,14,16,44-45,48-49H,3-7,9,11-13,15,17-43H2,1-2H3,(H,52,53)/b10-8-,16-14-. The van der Waals surface area contributed by atoms with Crippen LogP contribution in [0.4, 0.5) is 0 Å². The number of hydrogen-bond acceptors (Lipinski definition) is 9. The molecule has 0 aliphatic rings. The Labute approximate surface area is 355 Å². The van der Waals surface area contributed by atoms with Gasteiger partial charge in [0.2, 0.25) is 0 Å². The van der Waals surface area contributed by atoms with Crippen molar-refractivity contribution in [2.75, 3.05) is 26.4 Å². The highest BCUT2D eigenvalue weighted by molar-refractivity contribution is 7.47. The van der Waals surface area contributed by atoms with Crippen LogP contribution in [-0.2, 0) is 32.7 Å². The van der Waals surface area contributed by atoms with Gasteiger partial charge >= 0.3 is 19.8 Å². The number of rotatable bonds is 45. The van der Waals surface area contributed by atoms with E-state index in [-0.39, 0.29) is 12.8 Å². The molecule has 58 heavy (non-hydrogen) atoms. The van der Waals surface area contributed by atoms with Crippen molar-refractivity contribution < 1.29 is 47.8 Å². The third kappa shape index (κ3) is 41.2. The highest BCUT2D eigenvalue weighted by Gasteiger charge is 2.27. The fraction of sp³-hybridized carbons (Fsp3) is 0.872. The van der Waals surface area contributed by atoms with E-state index in [2.05, 4.69) is 38.2 Å². The van der Waals surface area contributed by atoms with E-state index in [4.69, 9.17) is 18.5 Å². The summed E-state index contributed by atoms with van der Waals surface area (Å²) < 4.78 is 32.6. The molecule has 0 aromatic rings. The number of ether oxygens (including phenoxy) is 2. The topological polar surface area (TPSA) is 149 Å². The molecule has 0 aromatic carbocycles. The number of carbonyl (C=O) groups is 2. The van der Waals surface area contributed by atoms with Crippen molar-refractivity contribution in [2.45, 2.75) is 238 Å². The fourth-order valence-corrected chi connectivity index (χ4v) is 7.53. The fourth-order valence-electron chi connectivity index (χ4n) is 6.74. The Hall–Kier alpha value is -1.55. The highest BCUT2D eigenvalue weighted by Crippen LogP contribution is 2.43. The first-order chi connectivity index (χ1) is 28.3. The molecule has 0 rings (SSSR count). The van der Waals surface area contributed by atoms with Gasteiger partial charge in [-0.1, -0.05) is 199 Å². The summed E-state index contributed by atoms with van der Waals surface area (Å²) in [7, 11) is -4.64. The van der Waals surface area contributed by atoms with E-state index in [9.17, 15) is 29.3 Å². The number of aliphatic hydroxyl groups is 2. The first-order valence-electron chi connectivity index (χ1n) is 23.8. The Morgan fingerprint density at radius 1 is 0.466 bits per heavy atom. The lowest BCUT2D eigenvalue weighted by Crippen LogP contribution is -2.28. The second-order valence-corrected chi connectivity index (χ2v) is 17.6. The molecule has 0 saturated carbocycles. The van der Waals surface area contributed by atoms with E-state index in [1.807, 2.05) is 0 Å². The molecule has 0 aliphatic carbocycles. The summed E-state index contributed by atoms with van der Waals surface area (Å²) >= 11 is 0. The maximum absolute atomic E-state index is 12.4. The first kappa shape index (κ1) is 56.5. The highest BCUT2D eigenvalue weighted by atomic mass is 31.2. The van der Waals surface area contributed by atoms with E-state index >= 15 is 0 Å². The third-order valence-corrected chi connectivity index (χ3v) is 11.3. The molecule has 0 saturated heterocycles. The second kappa shape index (κ2) is 43.5. The van der Waals surface area contributed by atoms with Crippen molar-refractivity contribution in [1.29, 1.82) is 0 Å². The van der Waals surface area contributed by atoms with E-state index in [1.165, 1.54) is 122 Å². The molecule has 3 atom stereocenters. The van der Waals surface area contributed by atoms with Crippen molar-refractivity contribution in [3.63, 3.8) is 0 Å². The minimum atomic E-state index is -4.64. The van der Waals surface area contributed by atoms with Crippen LogP contribution < -0.4 is 0 Å². The van der Waals surface area contributed by atoms with Crippen LogP contribution in [-0.4, -0.2) is 65.7 Å². The normalized spacial score (nSPS) is 13.9. The zero-order valence-corrected chi connectivity index (χ0v) is 38.2. The molecule has 3 unspecified atom stereocenters. The summed E-state index contributed by atoms with van der Waals surface area (Å²) in [5.41, 5.74) is 0. The van der Waals surface area contributed by atoms with Gasteiger partial charge in [0.15, 0.2) is 0 Å². The number of phosphoric ester groups is 1. The van der Waals surface area contributed by atoms with Gasteiger partial charge in [0, 0.05) is 12.8 Å². The van der Waals surface area contributed by atoms with Crippen molar-refractivity contribution >= 4 is 19.8 Å². The van der Waals surface area contributed by atoms with Crippen molar-refractivity contribution in [2.24, 2.45) is 0 Å². The van der Waals surface area contributed by atoms with Crippen LogP contribution in [0.2, 0.25) is 0 Å². The van der Waals surface area contributed by atoms with Crippen molar-refractivity contribution in [3.05, 3.63) is 24.3 Å². The Morgan fingerprint density at radius 3 is 1.14 bits per heavy atom. The average molecular weight is 845 g/mol. The van der Waals surface area contributed by atoms with Crippen LogP contribution >= 0.6 is 7.82 Å². The Bertz CT molecular complexity index is 1020. The van der Waals surface area contributed by atoms with Gasteiger partial charge in [0.25, 0.3) is 0 Å². The number of allylic oxidation sites excluding steroid dienone is 4. The van der Waals surface area contributed by atoms with Crippen LogP contribution in [0.25, 0.3) is 0 Å². The molecule has 0 bridgehead atoms. The maximum atomic E-state index is 12.4. The molecule has 0 aromatic heterocycles. The molecule has 0 amide bonds. The van der Waals surface area contributed by atoms with Gasteiger partial charge in [0.1, 0.15) is 12.2 Å². The SMILES string of the molecule is CCC/C=C\C/C=C\CCCCCCCC(=O)OC(CO)COP(=O)(O)OCC(CO)OC(=O)CCCCCCCCCCCCCCCCCCCCCCCC. The molecular formula is C47H89O10P. The minimum Gasteiger partial charge on any atom is -0.457 e. The Morgan fingerprint density at radius 2 is 0.793 bits per heavy atom. The van der Waals surface area contributed by atoms with Crippen LogP contribution in [0.15, 0.2) is 24.3 Å². The van der Waals surface area contributed by atoms with Gasteiger partial charge in [-0.15, -0.1) is 0 Å². The number of unbranched alkanes of at least 4 members (excludes halogenated alkanes) is 27. The number of esters is 2. The predicted octanol–water partition coefficient (Wildman–Crippen LogP) is 13.0. The number of carbonyl (C=O) groups excluding carboxylic acids is 2. The smallest absolute Gasteiger partial charge is 0.457 e. The maximum Gasteiger partial charge on any atom is 0.472 e. The number of hydrogen-bond donors (Lipinski definition) is 3. The molecule has 3 N–H and O–H groups in total. The summed E-state index contributed by atoms with van der Waals surface area (Å²) in [5.74, 6) is -1.02. The van der Waals surface area contributed by atoms with E-state index in [0.29, 0.717) is 12.8 Å². The third-order valence-electron chi connectivity index (χ3n) is 10.4. The molecule has 342 valence electrons. The molecule has 0 radical (unpaired) electrons. The summed E-state index contributed by atoms with van der Waals surface area (Å²) in [6, 6.07) is 0. The van der Waals surface area contributed by atoms with E-state index in [0.717, 1.165) is 64.2 Å². The van der Waals surface area contributed by atoms with Crippen LogP contribution in [0.5, 0.6) is 0 Å². The first-order valence-corrected chi connectivity index (χ1v) is 25.3. The number of aliphatic hydroxyl groups excluding tert-OH is 2. The Balaban J connectivity index is 3.82. The van der Waals surface area contributed by atoms with Crippen LogP contribution in [0.3, 0.4) is 0 Å². The average Bonchev–Trinajstić information content (AvgIpc) is 3.21. The molecule has 0 spiro atoms. The molecular weight excluding hydrogens is 755 g/mol. The Kier molecular flexibility index (Phi) is 42.4. The second-order valence-electron chi connectivity index (χ2n) is 16.1. The van der Waals surface area contributed by atoms with Gasteiger partial charge in [-0.25, -0.2) is 4.57 Å². The molecule has 0 aliphatic heterocycles. The summed E-state index contributed by atoms with van der Waals surface area (Å²) in [6.07, 6.45) is 44.5. The van der Waals surface area contributed by atoms with E-state index < -0.39 is 58.4 Å². The quantitative estimate of drug-likeness (QED) is 0.0234. The lowest BCUT2D eigenvalue weighted by molar-refractivity contribution is -0.153. The molecule has 0 heterocycles. The van der Waals surface area contributed by atoms with Crippen molar-refractivity contribution in [1.82, 2.24) is 0 Å². The zero-order chi connectivity index (χ0) is 42.6. The van der Waals surface area contributed by atoms with Crippen LogP contribution in [0, 0.1) is 0 Å². The van der Waals surface area contributed by atoms with Gasteiger partial charge in [-0.05, 0) is 38.5 Å². The molecule has 0 fully saturated rings.